The van der Waals surface area contributed by atoms with Crippen molar-refractivity contribution in [2.45, 2.75) is 39.3 Å². The van der Waals surface area contributed by atoms with Gasteiger partial charge in [0.1, 0.15) is 5.54 Å². The van der Waals surface area contributed by atoms with E-state index < -0.39 is 17.6 Å². The number of carbonyl (C=O) groups is 1. The average molecular weight is 434 g/mol. The van der Waals surface area contributed by atoms with Gasteiger partial charge in [-0.3, -0.25) is 9.78 Å². The van der Waals surface area contributed by atoms with E-state index in [1.54, 1.807) is 50.7 Å². The molecule has 3 aromatic heterocycles. The molecule has 0 amide bonds. The Balaban J connectivity index is 1.69. The third-order valence-corrected chi connectivity index (χ3v) is 5.74. The van der Waals surface area contributed by atoms with Crippen molar-refractivity contribution < 1.29 is 9.53 Å². The van der Waals surface area contributed by atoms with Crippen LogP contribution in [-0.4, -0.2) is 31.4 Å². The van der Waals surface area contributed by atoms with Crippen molar-refractivity contribution in [1.82, 2.24) is 19.9 Å². The zero-order chi connectivity index (χ0) is 22.2. The first-order chi connectivity index (χ1) is 14.7. The van der Waals surface area contributed by atoms with Crippen LogP contribution < -0.4 is 5.73 Å². The Morgan fingerprint density at radius 2 is 1.87 bits per heavy atom. The molecule has 0 saturated carbocycles. The number of aryl methyl sites for hydroxylation is 1. The molecule has 4 aromatic rings. The highest BCUT2D eigenvalue weighted by Gasteiger charge is 2.27. The number of nitrogens with zero attached hydrogens (tertiary/aromatic N) is 4. The van der Waals surface area contributed by atoms with Gasteiger partial charge in [-0.05, 0) is 57.5 Å². The largest absolute Gasteiger partial charge is 0.453 e. The standard InChI is InChI=1S/C23H23N5O2S/c1-13(30-22(29)23(3,4)24)21-26-11-16(12-27-21)15-9-17(18-7-5-6-8-25-18)20-19(10-15)28-14(2)31-20/h5-13H,24H2,1-4H3. The molecule has 1 atom stereocenters. The second kappa shape index (κ2) is 8.13. The molecule has 2 N–H and O–H groups in total. The Morgan fingerprint density at radius 1 is 1.13 bits per heavy atom. The Bertz CT molecular complexity index is 1230. The maximum absolute atomic E-state index is 12.0. The molecule has 0 saturated heterocycles. The van der Waals surface area contributed by atoms with Gasteiger partial charge in [0.25, 0.3) is 0 Å². The van der Waals surface area contributed by atoms with E-state index in [-0.39, 0.29) is 0 Å². The summed E-state index contributed by atoms with van der Waals surface area (Å²) in [5.74, 6) is -0.0890. The third-order valence-electron chi connectivity index (χ3n) is 4.72. The smallest absolute Gasteiger partial charge is 0.326 e. The van der Waals surface area contributed by atoms with Gasteiger partial charge >= 0.3 is 5.97 Å². The summed E-state index contributed by atoms with van der Waals surface area (Å²) in [7, 11) is 0. The Morgan fingerprint density at radius 3 is 2.52 bits per heavy atom. The highest BCUT2D eigenvalue weighted by molar-refractivity contribution is 7.19. The molecule has 0 bridgehead atoms. The number of aromatic nitrogens is 4. The fourth-order valence-corrected chi connectivity index (χ4v) is 4.01. The number of pyridine rings is 1. The lowest BCUT2D eigenvalue weighted by atomic mass is 10.0. The molecule has 0 radical (unpaired) electrons. The number of hydrogen-bond acceptors (Lipinski definition) is 8. The van der Waals surface area contributed by atoms with Crippen LogP contribution in [0.25, 0.3) is 32.6 Å². The van der Waals surface area contributed by atoms with Gasteiger partial charge in [0.2, 0.25) is 0 Å². The first-order valence-corrected chi connectivity index (χ1v) is 10.7. The number of carbonyl (C=O) groups excluding carboxylic acids is 1. The summed E-state index contributed by atoms with van der Waals surface area (Å²) in [4.78, 5) is 30.0. The minimum Gasteiger partial charge on any atom is -0.453 e. The molecule has 4 rings (SSSR count). The van der Waals surface area contributed by atoms with Crippen LogP contribution in [0.3, 0.4) is 0 Å². The van der Waals surface area contributed by atoms with Gasteiger partial charge in [0.05, 0.1) is 20.9 Å². The maximum atomic E-state index is 12.0. The molecular formula is C23H23N5O2S. The molecule has 0 aliphatic rings. The number of fused-ring (bicyclic) bond motifs is 1. The van der Waals surface area contributed by atoms with Gasteiger partial charge in [-0.2, -0.15) is 0 Å². The number of benzene rings is 1. The van der Waals surface area contributed by atoms with Gasteiger partial charge in [-0.15, -0.1) is 11.3 Å². The summed E-state index contributed by atoms with van der Waals surface area (Å²) in [6.07, 6.45) is 4.63. The first kappa shape index (κ1) is 21.0. The minimum absolute atomic E-state index is 0.414. The molecule has 158 valence electrons. The van der Waals surface area contributed by atoms with Crippen molar-refractivity contribution in [2.24, 2.45) is 5.73 Å². The van der Waals surface area contributed by atoms with Gasteiger partial charge < -0.3 is 10.5 Å². The second-order valence-corrected chi connectivity index (χ2v) is 9.12. The second-order valence-electron chi connectivity index (χ2n) is 7.92. The summed E-state index contributed by atoms with van der Waals surface area (Å²) in [5.41, 5.74) is 9.33. The number of ether oxygens (including phenoxy) is 1. The van der Waals surface area contributed by atoms with E-state index in [0.29, 0.717) is 5.82 Å². The van der Waals surface area contributed by atoms with Crippen LogP contribution in [-0.2, 0) is 9.53 Å². The molecular weight excluding hydrogens is 410 g/mol. The van der Waals surface area contributed by atoms with Crippen molar-refractivity contribution in [2.75, 3.05) is 0 Å². The summed E-state index contributed by atoms with van der Waals surface area (Å²) < 4.78 is 6.48. The Kier molecular flexibility index (Phi) is 5.51. The first-order valence-electron chi connectivity index (χ1n) is 9.87. The Labute approximate surface area is 184 Å². The number of esters is 1. The SMILES string of the molecule is Cc1nc2cc(-c3cnc(C(C)OC(=O)C(C)(C)N)nc3)cc(-c3ccccn3)c2s1. The van der Waals surface area contributed by atoms with Crippen molar-refractivity contribution in [3.8, 4) is 22.4 Å². The average Bonchev–Trinajstić information content (AvgIpc) is 3.13. The summed E-state index contributed by atoms with van der Waals surface area (Å²) in [6, 6.07) is 9.97. The van der Waals surface area contributed by atoms with E-state index in [1.807, 2.05) is 31.2 Å². The monoisotopic (exact) mass is 433 g/mol. The Hall–Kier alpha value is -3.23. The highest BCUT2D eigenvalue weighted by atomic mass is 32.1. The molecule has 7 nitrogen and oxygen atoms in total. The van der Waals surface area contributed by atoms with Crippen LogP contribution in [0.4, 0.5) is 0 Å². The number of thiazole rings is 1. The van der Waals surface area contributed by atoms with E-state index in [2.05, 4.69) is 26.0 Å². The van der Waals surface area contributed by atoms with Crippen LogP contribution in [0.2, 0.25) is 0 Å². The van der Waals surface area contributed by atoms with E-state index in [4.69, 9.17) is 10.5 Å². The lowest BCUT2D eigenvalue weighted by molar-refractivity contribution is -0.154. The number of nitrogens with two attached hydrogens (primary N) is 1. The predicted molar refractivity (Wildman–Crippen MR) is 121 cm³/mol. The van der Waals surface area contributed by atoms with Crippen molar-refractivity contribution in [3.05, 3.63) is 59.8 Å². The van der Waals surface area contributed by atoms with Crippen molar-refractivity contribution >= 4 is 27.5 Å². The maximum Gasteiger partial charge on any atom is 0.326 e. The minimum atomic E-state index is -1.07. The molecule has 3 heterocycles. The van der Waals surface area contributed by atoms with Crippen LogP contribution in [0.15, 0.2) is 48.9 Å². The fourth-order valence-electron chi connectivity index (χ4n) is 3.09. The van der Waals surface area contributed by atoms with Gasteiger partial charge in [-0.25, -0.2) is 15.0 Å². The topological polar surface area (TPSA) is 104 Å². The predicted octanol–water partition coefficient (Wildman–Crippen LogP) is 4.47. The highest BCUT2D eigenvalue weighted by Crippen LogP contribution is 2.36. The molecule has 1 unspecified atom stereocenters. The molecule has 8 heteroatoms. The van der Waals surface area contributed by atoms with Crippen LogP contribution in [0, 0.1) is 6.92 Å². The van der Waals surface area contributed by atoms with E-state index in [0.717, 1.165) is 37.6 Å². The summed E-state index contributed by atoms with van der Waals surface area (Å²) in [6.45, 7) is 6.92. The number of hydrogen-bond donors (Lipinski definition) is 1. The van der Waals surface area contributed by atoms with Gasteiger partial charge in [0, 0.05) is 29.7 Å². The zero-order valence-electron chi connectivity index (χ0n) is 17.8. The molecule has 1 aromatic carbocycles. The zero-order valence-corrected chi connectivity index (χ0v) is 18.6. The summed E-state index contributed by atoms with van der Waals surface area (Å²) >= 11 is 1.65. The number of rotatable bonds is 5. The quantitative estimate of drug-likeness (QED) is 0.463. The normalized spacial score (nSPS) is 12.7. The van der Waals surface area contributed by atoms with Crippen LogP contribution >= 0.6 is 11.3 Å². The van der Waals surface area contributed by atoms with Crippen molar-refractivity contribution in [1.29, 1.82) is 0 Å². The van der Waals surface area contributed by atoms with E-state index in [9.17, 15) is 4.79 Å². The molecule has 31 heavy (non-hydrogen) atoms. The van der Waals surface area contributed by atoms with Crippen LogP contribution in [0.1, 0.15) is 37.7 Å². The third kappa shape index (κ3) is 4.45. The van der Waals surface area contributed by atoms with Crippen molar-refractivity contribution in [3.63, 3.8) is 0 Å². The molecule has 0 aliphatic carbocycles. The fraction of sp³-hybridized carbons (Fsp3) is 0.261. The van der Waals surface area contributed by atoms with E-state index in [1.165, 1.54) is 0 Å². The van der Waals surface area contributed by atoms with Crippen LogP contribution in [0.5, 0.6) is 0 Å². The lowest BCUT2D eigenvalue weighted by Gasteiger charge is -2.20. The molecule has 0 spiro atoms. The lowest BCUT2D eigenvalue weighted by Crippen LogP contribution is -2.43. The molecule has 0 aliphatic heterocycles. The van der Waals surface area contributed by atoms with E-state index >= 15 is 0 Å². The summed E-state index contributed by atoms with van der Waals surface area (Å²) in [5, 5.41) is 0.995. The van der Waals surface area contributed by atoms with Gasteiger partial charge in [-0.1, -0.05) is 6.07 Å². The molecule has 0 fully saturated rings. The van der Waals surface area contributed by atoms with Gasteiger partial charge in [0.15, 0.2) is 11.9 Å².